The Kier molecular flexibility index (Phi) is 5.96. The van der Waals surface area contributed by atoms with Crippen LogP contribution < -0.4 is 0 Å². The van der Waals surface area contributed by atoms with E-state index < -0.39 is 0 Å². The summed E-state index contributed by atoms with van der Waals surface area (Å²) in [6.45, 7) is 11.2. The van der Waals surface area contributed by atoms with Crippen molar-refractivity contribution in [2.75, 3.05) is 0 Å². The molecule has 1 heteroatoms. The molecule has 0 radical (unpaired) electrons. The van der Waals surface area contributed by atoms with Crippen molar-refractivity contribution in [2.45, 2.75) is 40.0 Å². The molecule has 0 aliphatic carbocycles. The Morgan fingerprint density at radius 2 is 1.00 bits per heavy atom. The molecule has 226 valence electrons. The van der Waals surface area contributed by atoms with Crippen LogP contribution in [0.25, 0.3) is 82.1 Å². The van der Waals surface area contributed by atoms with Gasteiger partial charge in [0.1, 0.15) is 0 Å². The van der Waals surface area contributed by atoms with Gasteiger partial charge >= 0.3 is 0 Å². The second kappa shape index (κ2) is 10.0. The van der Waals surface area contributed by atoms with Crippen LogP contribution in [0.15, 0.2) is 133 Å². The Labute approximate surface area is 276 Å². The largest absolute Gasteiger partial charge is 0.309 e. The van der Waals surface area contributed by atoms with Crippen molar-refractivity contribution in [1.82, 2.24) is 4.57 Å². The lowest BCUT2D eigenvalue weighted by Gasteiger charge is -2.23. The zero-order chi connectivity index (χ0) is 32.0. The van der Waals surface area contributed by atoms with Crippen LogP contribution >= 0.6 is 0 Å². The first-order chi connectivity index (χ1) is 22.7. The number of aryl methyl sites for hydroxylation is 2. The molecule has 1 aromatic heterocycles. The second-order valence-corrected chi connectivity index (χ2v) is 14.4. The van der Waals surface area contributed by atoms with E-state index in [2.05, 4.69) is 173 Å². The molecule has 8 aromatic carbocycles. The summed E-state index contributed by atoms with van der Waals surface area (Å²) in [5.74, 6) is 0. The van der Waals surface area contributed by atoms with Gasteiger partial charge in [-0.15, -0.1) is 0 Å². The molecule has 0 saturated heterocycles. The standard InChI is InChI=1S/C46H37N/c1-28-10-13-30(14-11-28)40-27-41(39-23-18-33-26-34(46(3,4)5)25-32-17-22-38(40)45(39)44(32)33)31-15-19-35(20-16-31)47-42-9-7-6-8-36(42)37-21-12-29(2)24-43(37)47/h6-27H,1-5H3. The molecule has 9 rings (SSSR count). The van der Waals surface area contributed by atoms with E-state index in [1.165, 1.54) is 98.8 Å². The minimum Gasteiger partial charge on any atom is -0.309 e. The van der Waals surface area contributed by atoms with Gasteiger partial charge in [-0.1, -0.05) is 129 Å². The molecule has 0 spiro atoms. The molecule has 9 aromatic rings. The molecular formula is C46H37N. The summed E-state index contributed by atoms with van der Waals surface area (Å²) in [6, 6.07) is 50.4. The van der Waals surface area contributed by atoms with Gasteiger partial charge in [0.25, 0.3) is 0 Å². The maximum atomic E-state index is 2.42. The molecule has 0 amide bonds. The van der Waals surface area contributed by atoms with Gasteiger partial charge in [0.2, 0.25) is 0 Å². The summed E-state index contributed by atoms with van der Waals surface area (Å²) in [7, 11) is 0. The summed E-state index contributed by atoms with van der Waals surface area (Å²) in [6.07, 6.45) is 0. The average molecular weight is 604 g/mol. The van der Waals surface area contributed by atoms with Gasteiger partial charge in [-0.05, 0) is 115 Å². The normalized spacial score (nSPS) is 12.4. The average Bonchev–Trinajstić information content (AvgIpc) is 3.40. The zero-order valence-electron chi connectivity index (χ0n) is 27.6. The molecule has 0 fully saturated rings. The van der Waals surface area contributed by atoms with Crippen molar-refractivity contribution >= 4 is 54.1 Å². The van der Waals surface area contributed by atoms with Crippen LogP contribution in [0.1, 0.15) is 37.5 Å². The molecule has 1 heterocycles. The quantitative estimate of drug-likeness (QED) is 0.177. The highest BCUT2D eigenvalue weighted by Crippen LogP contribution is 2.45. The number of benzene rings is 8. The fourth-order valence-corrected chi connectivity index (χ4v) is 7.71. The highest BCUT2D eigenvalue weighted by molar-refractivity contribution is 6.28. The molecular weight excluding hydrogens is 567 g/mol. The molecule has 47 heavy (non-hydrogen) atoms. The fourth-order valence-electron chi connectivity index (χ4n) is 7.71. The van der Waals surface area contributed by atoms with E-state index >= 15 is 0 Å². The fraction of sp³-hybridized carbons (Fsp3) is 0.130. The molecule has 1 nitrogen and oxygen atoms in total. The predicted molar refractivity (Wildman–Crippen MR) is 204 cm³/mol. The Balaban J connectivity index is 1.30. The van der Waals surface area contributed by atoms with Crippen LogP contribution in [0.2, 0.25) is 0 Å². The number of nitrogens with zero attached hydrogens (tertiary/aromatic N) is 1. The van der Waals surface area contributed by atoms with Crippen molar-refractivity contribution < 1.29 is 0 Å². The summed E-state index contributed by atoms with van der Waals surface area (Å²) >= 11 is 0. The number of aromatic nitrogens is 1. The third-order valence-electron chi connectivity index (χ3n) is 10.2. The Morgan fingerprint density at radius 3 is 1.64 bits per heavy atom. The van der Waals surface area contributed by atoms with Crippen molar-refractivity contribution in [3.05, 3.63) is 150 Å². The maximum Gasteiger partial charge on any atom is 0.0543 e. The molecule has 0 aliphatic rings. The van der Waals surface area contributed by atoms with Gasteiger partial charge in [0.15, 0.2) is 0 Å². The molecule has 0 N–H and O–H groups in total. The van der Waals surface area contributed by atoms with Gasteiger partial charge in [-0.3, -0.25) is 0 Å². The zero-order valence-corrected chi connectivity index (χ0v) is 27.6. The van der Waals surface area contributed by atoms with Gasteiger partial charge in [0.05, 0.1) is 11.0 Å². The van der Waals surface area contributed by atoms with Crippen molar-refractivity contribution in [1.29, 1.82) is 0 Å². The first-order valence-electron chi connectivity index (χ1n) is 16.7. The van der Waals surface area contributed by atoms with Gasteiger partial charge in [-0.25, -0.2) is 0 Å². The molecule has 0 atom stereocenters. The van der Waals surface area contributed by atoms with E-state index in [0.717, 1.165) is 0 Å². The van der Waals surface area contributed by atoms with E-state index in [-0.39, 0.29) is 5.41 Å². The molecule has 0 unspecified atom stereocenters. The molecule has 0 aliphatic heterocycles. The minimum atomic E-state index is 0.0828. The van der Waals surface area contributed by atoms with Gasteiger partial charge in [-0.2, -0.15) is 0 Å². The monoisotopic (exact) mass is 603 g/mol. The summed E-state index contributed by atoms with van der Waals surface area (Å²) < 4.78 is 2.41. The number of fused-ring (bicyclic) bond motifs is 3. The Hall–Kier alpha value is -5.40. The molecule has 0 saturated carbocycles. The molecule has 0 bridgehead atoms. The first-order valence-corrected chi connectivity index (χ1v) is 16.7. The van der Waals surface area contributed by atoms with Crippen molar-refractivity contribution in [3.63, 3.8) is 0 Å². The van der Waals surface area contributed by atoms with E-state index in [1.807, 2.05) is 0 Å². The Morgan fingerprint density at radius 1 is 0.447 bits per heavy atom. The van der Waals surface area contributed by atoms with Crippen LogP contribution in [0.4, 0.5) is 0 Å². The lowest BCUT2D eigenvalue weighted by atomic mass is 9.81. The number of hydrogen-bond acceptors (Lipinski definition) is 0. The van der Waals surface area contributed by atoms with E-state index in [0.29, 0.717) is 0 Å². The number of hydrogen-bond donors (Lipinski definition) is 0. The van der Waals surface area contributed by atoms with Crippen LogP contribution in [-0.2, 0) is 5.41 Å². The van der Waals surface area contributed by atoms with Crippen LogP contribution in [0, 0.1) is 13.8 Å². The number of para-hydroxylation sites is 1. The smallest absolute Gasteiger partial charge is 0.0543 e. The maximum absolute atomic E-state index is 2.42. The summed E-state index contributed by atoms with van der Waals surface area (Å²) in [4.78, 5) is 0. The van der Waals surface area contributed by atoms with Gasteiger partial charge < -0.3 is 4.57 Å². The lowest BCUT2D eigenvalue weighted by molar-refractivity contribution is 0.591. The van der Waals surface area contributed by atoms with E-state index in [9.17, 15) is 0 Å². The Bertz CT molecular complexity index is 2620. The minimum absolute atomic E-state index is 0.0828. The second-order valence-electron chi connectivity index (χ2n) is 14.4. The van der Waals surface area contributed by atoms with Crippen molar-refractivity contribution in [2.24, 2.45) is 0 Å². The highest BCUT2D eigenvalue weighted by Gasteiger charge is 2.20. The van der Waals surface area contributed by atoms with Crippen LogP contribution in [0.3, 0.4) is 0 Å². The first kappa shape index (κ1) is 27.9. The van der Waals surface area contributed by atoms with E-state index in [4.69, 9.17) is 0 Å². The topological polar surface area (TPSA) is 4.93 Å². The highest BCUT2D eigenvalue weighted by atomic mass is 15.0. The third-order valence-corrected chi connectivity index (χ3v) is 10.2. The van der Waals surface area contributed by atoms with Gasteiger partial charge in [0, 0.05) is 16.5 Å². The lowest BCUT2D eigenvalue weighted by Crippen LogP contribution is -2.10. The van der Waals surface area contributed by atoms with E-state index in [1.54, 1.807) is 0 Å². The van der Waals surface area contributed by atoms with Crippen LogP contribution in [-0.4, -0.2) is 4.57 Å². The van der Waals surface area contributed by atoms with Crippen LogP contribution in [0.5, 0.6) is 0 Å². The SMILES string of the molecule is Cc1ccc(-c2cc(-c3ccc(-n4c5ccccc5c5ccc(C)cc54)cc3)c3ccc4cc(C(C)(C)C)cc5ccc2c3c54)cc1. The summed E-state index contributed by atoms with van der Waals surface area (Å²) in [5, 5.41) is 10.5. The third kappa shape index (κ3) is 4.30. The summed E-state index contributed by atoms with van der Waals surface area (Å²) in [5.41, 5.74) is 12.7. The van der Waals surface area contributed by atoms with Crippen molar-refractivity contribution in [3.8, 4) is 27.9 Å². The number of rotatable bonds is 3. The predicted octanol–water partition coefficient (Wildman–Crippen LogP) is 12.9.